The molecule has 16 heavy (non-hydrogen) atoms. The van der Waals surface area contributed by atoms with Crippen LogP contribution in [0.5, 0.6) is 0 Å². The highest BCUT2D eigenvalue weighted by atomic mass is 32.1. The molecule has 0 saturated heterocycles. The van der Waals surface area contributed by atoms with E-state index in [4.69, 9.17) is 4.42 Å². The maximum Gasteiger partial charge on any atom is 0.185 e. The van der Waals surface area contributed by atoms with Crippen molar-refractivity contribution in [2.24, 2.45) is 0 Å². The second kappa shape index (κ2) is 4.14. The van der Waals surface area contributed by atoms with Crippen molar-refractivity contribution in [2.45, 2.75) is 11.8 Å². The zero-order valence-electron chi connectivity index (χ0n) is 8.53. The summed E-state index contributed by atoms with van der Waals surface area (Å²) in [6.07, 6.45) is 0.603. The summed E-state index contributed by atoms with van der Waals surface area (Å²) in [7, 11) is 0. The minimum Gasteiger partial charge on any atom is -0.453 e. The zero-order valence-corrected chi connectivity index (χ0v) is 9.42. The number of hydrogen-bond acceptors (Lipinski definition) is 3. The van der Waals surface area contributed by atoms with Crippen LogP contribution in [0.1, 0.15) is 16.1 Å². The van der Waals surface area contributed by atoms with Gasteiger partial charge in [0.2, 0.25) is 0 Å². The Kier molecular flexibility index (Phi) is 2.83. The van der Waals surface area contributed by atoms with Crippen molar-refractivity contribution in [2.75, 3.05) is 0 Å². The Labute approximate surface area is 97.5 Å². The molecule has 2 nitrogen and oxygen atoms in total. The Hall–Kier alpha value is -1.55. The number of aryl methyl sites for hydroxylation is 1. The van der Waals surface area contributed by atoms with Gasteiger partial charge in [0.15, 0.2) is 12.0 Å². The number of aldehydes is 1. The van der Waals surface area contributed by atoms with Crippen LogP contribution in [-0.2, 0) is 0 Å². The maximum absolute atomic E-state index is 13.4. The molecule has 0 spiro atoms. The number of hydrogen-bond donors (Lipinski definition) is 1. The van der Waals surface area contributed by atoms with Gasteiger partial charge in [0.25, 0.3) is 0 Å². The zero-order chi connectivity index (χ0) is 11.7. The van der Waals surface area contributed by atoms with Crippen molar-refractivity contribution in [3.05, 3.63) is 41.4 Å². The number of benzene rings is 1. The van der Waals surface area contributed by atoms with Crippen molar-refractivity contribution in [3.8, 4) is 11.3 Å². The normalized spacial score (nSPS) is 10.4. The van der Waals surface area contributed by atoms with Gasteiger partial charge in [-0.15, -0.1) is 12.6 Å². The van der Waals surface area contributed by atoms with Gasteiger partial charge in [-0.25, -0.2) is 4.39 Å². The Morgan fingerprint density at radius 2 is 2.12 bits per heavy atom. The monoisotopic (exact) mass is 236 g/mol. The largest absolute Gasteiger partial charge is 0.453 e. The molecule has 1 aromatic carbocycles. The van der Waals surface area contributed by atoms with Crippen molar-refractivity contribution < 1.29 is 13.6 Å². The first kappa shape index (κ1) is 11.0. The molecule has 2 rings (SSSR count). The number of rotatable bonds is 2. The van der Waals surface area contributed by atoms with Crippen molar-refractivity contribution in [1.82, 2.24) is 0 Å². The van der Waals surface area contributed by atoms with Gasteiger partial charge in [-0.2, -0.15) is 0 Å². The van der Waals surface area contributed by atoms with Gasteiger partial charge in [-0.3, -0.25) is 4.79 Å². The summed E-state index contributed by atoms with van der Waals surface area (Å²) in [4.78, 5) is 11.1. The third kappa shape index (κ3) is 1.88. The number of carbonyl (C=O) groups excluding carboxylic acids is 1. The molecule has 1 heterocycles. The molecule has 0 fully saturated rings. The molecule has 0 aliphatic heterocycles. The Morgan fingerprint density at radius 3 is 2.75 bits per heavy atom. The van der Waals surface area contributed by atoms with Crippen LogP contribution in [0.25, 0.3) is 11.3 Å². The summed E-state index contributed by atoms with van der Waals surface area (Å²) in [6.45, 7) is 1.66. The van der Waals surface area contributed by atoms with E-state index in [1.165, 1.54) is 12.1 Å². The van der Waals surface area contributed by atoms with Crippen molar-refractivity contribution in [1.29, 1.82) is 0 Å². The van der Waals surface area contributed by atoms with Crippen molar-refractivity contribution >= 4 is 18.9 Å². The summed E-state index contributed by atoms with van der Waals surface area (Å²) in [5, 5.41) is 0. The first-order chi connectivity index (χ1) is 7.61. The summed E-state index contributed by atoms with van der Waals surface area (Å²) in [6, 6.07) is 6.13. The SMILES string of the molecule is Cc1cc(S)c(-c2ccc(C=O)o2)cc1F. The summed E-state index contributed by atoms with van der Waals surface area (Å²) in [5.74, 6) is 0.326. The van der Waals surface area contributed by atoms with Crippen LogP contribution < -0.4 is 0 Å². The highest BCUT2D eigenvalue weighted by molar-refractivity contribution is 7.80. The van der Waals surface area contributed by atoms with Crippen molar-refractivity contribution in [3.63, 3.8) is 0 Å². The number of halogens is 1. The standard InChI is InChI=1S/C12H9FO2S/c1-7-4-12(16)9(5-10(7)13)11-3-2-8(6-14)15-11/h2-6,16H,1H3. The lowest BCUT2D eigenvalue weighted by molar-refractivity contribution is 0.110. The van der Waals surface area contributed by atoms with E-state index in [9.17, 15) is 9.18 Å². The smallest absolute Gasteiger partial charge is 0.185 e. The second-order valence-corrected chi connectivity index (χ2v) is 3.92. The molecule has 0 saturated carbocycles. The first-order valence-corrected chi connectivity index (χ1v) is 5.11. The minimum absolute atomic E-state index is 0.212. The average molecular weight is 236 g/mol. The molecule has 0 unspecified atom stereocenters. The quantitative estimate of drug-likeness (QED) is 0.639. The van der Waals surface area contributed by atoms with E-state index < -0.39 is 0 Å². The van der Waals surface area contributed by atoms with Gasteiger partial charge in [-0.05, 0) is 36.8 Å². The molecular formula is C12H9FO2S. The minimum atomic E-state index is -0.322. The molecule has 0 N–H and O–H groups in total. The molecule has 0 bridgehead atoms. The molecular weight excluding hydrogens is 227 g/mol. The molecule has 82 valence electrons. The predicted molar refractivity (Wildman–Crippen MR) is 61.5 cm³/mol. The maximum atomic E-state index is 13.4. The van der Waals surface area contributed by atoms with Crippen LogP contribution in [-0.4, -0.2) is 6.29 Å². The molecule has 0 amide bonds. The lowest BCUT2D eigenvalue weighted by atomic mass is 10.1. The van der Waals surface area contributed by atoms with Crippen LogP contribution in [0.2, 0.25) is 0 Å². The van der Waals surface area contributed by atoms with Crippen LogP contribution >= 0.6 is 12.6 Å². The van der Waals surface area contributed by atoms with E-state index >= 15 is 0 Å². The first-order valence-electron chi connectivity index (χ1n) is 4.66. The van der Waals surface area contributed by atoms with E-state index in [0.29, 0.717) is 28.1 Å². The van der Waals surface area contributed by atoms with E-state index in [1.54, 1.807) is 19.1 Å². The van der Waals surface area contributed by atoms with E-state index in [1.807, 2.05) is 0 Å². The molecule has 0 radical (unpaired) electrons. The summed E-state index contributed by atoms with van der Waals surface area (Å²) >= 11 is 4.25. The fraction of sp³-hybridized carbons (Fsp3) is 0.0833. The lowest BCUT2D eigenvalue weighted by Gasteiger charge is -2.04. The van der Waals surface area contributed by atoms with E-state index in [2.05, 4.69) is 12.6 Å². The number of furan rings is 1. The topological polar surface area (TPSA) is 30.2 Å². The van der Waals surface area contributed by atoms with Crippen LogP contribution in [0.4, 0.5) is 4.39 Å². The van der Waals surface area contributed by atoms with Crippen LogP contribution in [0.15, 0.2) is 33.6 Å². The number of carbonyl (C=O) groups is 1. The average Bonchev–Trinajstić information content (AvgIpc) is 2.71. The molecule has 2 aromatic rings. The highest BCUT2D eigenvalue weighted by Crippen LogP contribution is 2.30. The third-order valence-electron chi connectivity index (χ3n) is 2.29. The van der Waals surface area contributed by atoms with Gasteiger partial charge < -0.3 is 4.42 Å². The molecule has 0 atom stereocenters. The Balaban J connectivity index is 2.55. The summed E-state index contributed by atoms with van der Waals surface area (Å²) < 4.78 is 18.6. The molecule has 0 aliphatic rings. The second-order valence-electron chi connectivity index (χ2n) is 3.44. The van der Waals surface area contributed by atoms with Gasteiger partial charge in [-0.1, -0.05) is 0 Å². The van der Waals surface area contributed by atoms with Gasteiger partial charge in [0.1, 0.15) is 11.6 Å². The van der Waals surface area contributed by atoms with Gasteiger partial charge >= 0.3 is 0 Å². The molecule has 1 aromatic heterocycles. The Morgan fingerprint density at radius 1 is 1.38 bits per heavy atom. The predicted octanol–water partition coefficient (Wildman–Crippen LogP) is 3.50. The Bertz CT molecular complexity index is 546. The molecule has 4 heteroatoms. The summed E-state index contributed by atoms with van der Waals surface area (Å²) in [5.41, 5.74) is 1.07. The highest BCUT2D eigenvalue weighted by Gasteiger charge is 2.10. The number of thiol groups is 1. The van der Waals surface area contributed by atoms with Gasteiger partial charge in [0, 0.05) is 10.5 Å². The van der Waals surface area contributed by atoms with Crippen LogP contribution in [0, 0.1) is 12.7 Å². The fourth-order valence-corrected chi connectivity index (χ4v) is 1.79. The van der Waals surface area contributed by atoms with Gasteiger partial charge in [0.05, 0.1) is 0 Å². The third-order valence-corrected chi connectivity index (χ3v) is 2.66. The van der Waals surface area contributed by atoms with E-state index in [0.717, 1.165) is 0 Å². The fourth-order valence-electron chi connectivity index (χ4n) is 1.42. The molecule has 0 aliphatic carbocycles. The lowest BCUT2D eigenvalue weighted by Crippen LogP contribution is -1.86. The van der Waals surface area contributed by atoms with E-state index in [-0.39, 0.29) is 11.6 Å². The van der Waals surface area contributed by atoms with Crippen LogP contribution in [0.3, 0.4) is 0 Å².